The summed E-state index contributed by atoms with van der Waals surface area (Å²) in [5, 5.41) is 0.926. The van der Waals surface area contributed by atoms with Crippen LogP contribution >= 0.6 is 0 Å². The Balaban J connectivity index is 0.00000128. The number of nitrogens with zero attached hydrogens (tertiary/aromatic N) is 2. The van der Waals surface area contributed by atoms with Gasteiger partial charge in [-0.2, -0.15) is 0 Å². The van der Waals surface area contributed by atoms with E-state index in [0.29, 0.717) is 11.5 Å². The molecule has 0 saturated carbocycles. The van der Waals surface area contributed by atoms with E-state index in [9.17, 15) is 0 Å². The second kappa shape index (κ2) is 5.84. The number of ether oxygens (including phenoxy) is 2. The SMILES string of the molecule is COc1cc2ncnc([Se])c2cc1OC.[Na]. The summed E-state index contributed by atoms with van der Waals surface area (Å²) in [6, 6.07) is 3.69. The molecule has 4 nitrogen and oxygen atoms in total. The van der Waals surface area contributed by atoms with Crippen LogP contribution in [0.2, 0.25) is 0 Å². The van der Waals surface area contributed by atoms with Crippen LogP contribution in [-0.4, -0.2) is 69.8 Å². The summed E-state index contributed by atoms with van der Waals surface area (Å²) in [5.74, 6) is 1.35. The zero-order chi connectivity index (χ0) is 10.8. The van der Waals surface area contributed by atoms with Crippen molar-refractivity contribution in [2.75, 3.05) is 14.2 Å². The molecule has 2 radical (unpaired) electrons. The number of methoxy groups -OCH3 is 2. The van der Waals surface area contributed by atoms with Crippen molar-refractivity contribution >= 4 is 61.1 Å². The number of benzene rings is 1. The van der Waals surface area contributed by atoms with E-state index in [2.05, 4.69) is 26.0 Å². The molecule has 0 fully saturated rings. The monoisotopic (exact) mass is 292 g/mol. The Morgan fingerprint density at radius 2 is 1.69 bits per heavy atom. The minimum Gasteiger partial charge on any atom is 0 e. The number of rotatable bonds is 2. The Bertz CT molecular complexity index is 507. The molecule has 0 aliphatic rings. The van der Waals surface area contributed by atoms with Crippen LogP contribution in [0.1, 0.15) is 0 Å². The van der Waals surface area contributed by atoms with Gasteiger partial charge in [-0.15, -0.1) is 0 Å². The van der Waals surface area contributed by atoms with Gasteiger partial charge in [0.05, 0.1) is 0 Å². The quantitative estimate of drug-likeness (QED) is 0.734. The van der Waals surface area contributed by atoms with Gasteiger partial charge in [0.2, 0.25) is 0 Å². The second-order valence-corrected chi connectivity index (χ2v) is 3.71. The van der Waals surface area contributed by atoms with Crippen LogP contribution in [0.25, 0.3) is 10.9 Å². The first-order valence-corrected chi connectivity index (χ1v) is 5.15. The fourth-order valence-corrected chi connectivity index (χ4v) is 1.80. The Labute approximate surface area is 124 Å². The molecular weight excluding hydrogens is 282 g/mol. The van der Waals surface area contributed by atoms with Crippen molar-refractivity contribution in [1.82, 2.24) is 9.97 Å². The Hall–Kier alpha value is -0.321. The molecule has 1 heterocycles. The third kappa shape index (κ3) is 2.50. The topological polar surface area (TPSA) is 44.2 Å². The van der Waals surface area contributed by atoms with Gasteiger partial charge in [-0.1, -0.05) is 0 Å². The normalized spacial score (nSPS) is 9.62. The molecule has 0 atom stereocenters. The first-order chi connectivity index (χ1) is 7.26. The molecule has 0 spiro atoms. The van der Waals surface area contributed by atoms with Gasteiger partial charge in [-0.3, -0.25) is 0 Å². The summed E-state index contributed by atoms with van der Waals surface area (Å²) < 4.78 is 11.2. The van der Waals surface area contributed by atoms with Crippen molar-refractivity contribution in [1.29, 1.82) is 0 Å². The van der Waals surface area contributed by atoms with Gasteiger partial charge >= 0.3 is 95.1 Å². The van der Waals surface area contributed by atoms with E-state index in [4.69, 9.17) is 9.47 Å². The Kier molecular flexibility index (Phi) is 5.02. The molecule has 0 amide bonds. The van der Waals surface area contributed by atoms with Crippen LogP contribution in [0, 0.1) is 0 Å². The number of hydrogen-bond acceptors (Lipinski definition) is 4. The maximum Gasteiger partial charge on any atom is 0 e. The minimum atomic E-state index is 0. The van der Waals surface area contributed by atoms with E-state index < -0.39 is 0 Å². The molecule has 16 heavy (non-hydrogen) atoms. The number of fused-ring (bicyclic) bond motifs is 1. The van der Waals surface area contributed by atoms with Gasteiger partial charge in [0, 0.05) is 29.6 Å². The van der Waals surface area contributed by atoms with E-state index in [1.807, 2.05) is 12.1 Å². The molecule has 1 aromatic heterocycles. The molecule has 0 bridgehead atoms. The van der Waals surface area contributed by atoms with E-state index in [0.717, 1.165) is 15.5 Å². The van der Waals surface area contributed by atoms with Crippen LogP contribution in [0.3, 0.4) is 0 Å². The third-order valence-electron chi connectivity index (χ3n) is 2.10. The molecule has 0 saturated heterocycles. The van der Waals surface area contributed by atoms with Crippen LogP contribution < -0.4 is 14.1 Å². The van der Waals surface area contributed by atoms with Gasteiger partial charge in [0.1, 0.15) is 0 Å². The summed E-state index contributed by atoms with van der Waals surface area (Å²) in [4.78, 5) is 8.23. The zero-order valence-corrected chi connectivity index (χ0v) is 13.1. The number of aromatic nitrogens is 2. The first kappa shape index (κ1) is 13.7. The molecule has 0 N–H and O–H groups in total. The zero-order valence-electron chi connectivity index (χ0n) is 9.35. The van der Waals surface area contributed by atoms with Crippen LogP contribution in [-0.2, 0) is 0 Å². The second-order valence-electron chi connectivity index (χ2n) is 2.90. The van der Waals surface area contributed by atoms with Crippen molar-refractivity contribution in [2.24, 2.45) is 0 Å². The molecule has 6 heteroatoms. The van der Waals surface area contributed by atoms with Crippen LogP contribution in [0.15, 0.2) is 18.5 Å². The minimum absolute atomic E-state index is 0. The van der Waals surface area contributed by atoms with Crippen molar-refractivity contribution in [2.45, 2.75) is 0 Å². The van der Waals surface area contributed by atoms with Crippen LogP contribution in [0.4, 0.5) is 0 Å². The molecule has 78 valence electrons. The summed E-state index contributed by atoms with van der Waals surface area (Å²) >= 11 is 2.89. The van der Waals surface area contributed by atoms with E-state index in [-0.39, 0.29) is 29.6 Å². The smallest absolute Gasteiger partial charge is 0 e. The Morgan fingerprint density at radius 3 is 2.31 bits per heavy atom. The molecule has 0 unspecified atom stereocenters. The summed E-state index contributed by atoms with van der Waals surface area (Å²) in [5.41, 5.74) is 0.830. The molecule has 0 aliphatic carbocycles. The van der Waals surface area contributed by atoms with E-state index in [1.54, 1.807) is 14.2 Å². The van der Waals surface area contributed by atoms with E-state index in [1.165, 1.54) is 6.33 Å². The van der Waals surface area contributed by atoms with Crippen LogP contribution in [0.5, 0.6) is 11.5 Å². The van der Waals surface area contributed by atoms with Gasteiger partial charge in [0.15, 0.2) is 0 Å². The summed E-state index contributed by atoms with van der Waals surface area (Å²) in [6.45, 7) is 0. The summed E-state index contributed by atoms with van der Waals surface area (Å²) in [7, 11) is 3.20. The van der Waals surface area contributed by atoms with Crippen molar-refractivity contribution < 1.29 is 9.47 Å². The van der Waals surface area contributed by atoms with Crippen molar-refractivity contribution in [3.63, 3.8) is 0 Å². The maximum atomic E-state index is 5.20. The molecular formula is C10H9N2NaO2Se. The van der Waals surface area contributed by atoms with Gasteiger partial charge < -0.3 is 0 Å². The van der Waals surface area contributed by atoms with Gasteiger partial charge in [0.25, 0.3) is 0 Å². The third-order valence-corrected chi connectivity index (χ3v) is 2.79. The van der Waals surface area contributed by atoms with Crippen molar-refractivity contribution in [3.05, 3.63) is 18.5 Å². The van der Waals surface area contributed by atoms with Gasteiger partial charge in [-0.25, -0.2) is 0 Å². The van der Waals surface area contributed by atoms with E-state index >= 15 is 0 Å². The Morgan fingerprint density at radius 1 is 1.06 bits per heavy atom. The summed E-state index contributed by atoms with van der Waals surface area (Å²) in [6.07, 6.45) is 1.51. The van der Waals surface area contributed by atoms with Gasteiger partial charge in [-0.05, 0) is 0 Å². The average Bonchev–Trinajstić information content (AvgIpc) is 2.28. The first-order valence-electron chi connectivity index (χ1n) is 4.30. The standard InChI is InChI=1S/C10H9N2O2Se.Na/c1-13-8-3-6-7(4-9(8)14-2)11-5-12-10(6)15;/h3-5H,1-2H3;. The maximum absolute atomic E-state index is 5.20. The number of hydrogen-bond donors (Lipinski definition) is 0. The predicted octanol–water partition coefficient (Wildman–Crippen LogP) is 0.0600. The fraction of sp³-hybridized carbons (Fsp3) is 0.200. The largest absolute Gasteiger partial charge is 0 e. The predicted molar refractivity (Wildman–Crippen MR) is 63.8 cm³/mol. The molecule has 1 aromatic carbocycles. The molecule has 2 aromatic rings. The fourth-order valence-electron chi connectivity index (χ4n) is 1.36. The van der Waals surface area contributed by atoms with Crippen molar-refractivity contribution in [3.8, 4) is 11.5 Å². The molecule has 2 rings (SSSR count). The molecule has 0 aliphatic heterocycles. The average molecular weight is 291 g/mol.